The molecule has 1 atom stereocenters. The maximum absolute atomic E-state index is 11.1. The Morgan fingerprint density at radius 3 is 2.43 bits per heavy atom. The lowest BCUT2D eigenvalue weighted by molar-refractivity contribution is -0.118. The van der Waals surface area contributed by atoms with Gasteiger partial charge in [0, 0.05) is 11.9 Å². The predicted octanol–water partition coefficient (Wildman–Crippen LogP) is 2.80. The highest BCUT2D eigenvalue weighted by molar-refractivity contribution is 7.80. The second-order valence-electron chi connectivity index (χ2n) is 4.67. The molecule has 0 aliphatic heterocycles. The summed E-state index contributed by atoms with van der Waals surface area (Å²) >= 11 is 5.02. The zero-order valence-electron chi connectivity index (χ0n) is 12.1. The molecule has 0 aliphatic rings. The molecule has 0 spiro atoms. The molecule has 0 aliphatic carbocycles. The van der Waals surface area contributed by atoms with Gasteiger partial charge in [-0.05, 0) is 29.8 Å². The van der Waals surface area contributed by atoms with Gasteiger partial charge in [0.05, 0.1) is 11.8 Å². The minimum atomic E-state index is -1.13. The van der Waals surface area contributed by atoms with Crippen LogP contribution in [0.3, 0.4) is 0 Å². The number of nitriles is 1. The summed E-state index contributed by atoms with van der Waals surface area (Å²) in [6.45, 7) is 0. The SMILES string of the molecule is N#CC(C(N)=O)C(=S)Nc1ccc(C=Nc2ccccc2)cc1. The highest BCUT2D eigenvalue weighted by Gasteiger charge is 2.19. The first kappa shape index (κ1) is 16.3. The second-order valence-corrected chi connectivity index (χ2v) is 5.11. The molecule has 23 heavy (non-hydrogen) atoms. The maximum atomic E-state index is 11.1. The van der Waals surface area contributed by atoms with Gasteiger partial charge in [-0.3, -0.25) is 9.79 Å². The van der Waals surface area contributed by atoms with Crippen molar-refractivity contribution in [2.24, 2.45) is 16.6 Å². The number of nitrogens with one attached hydrogen (secondary N) is 1. The summed E-state index contributed by atoms with van der Waals surface area (Å²) in [5.41, 5.74) is 7.57. The fraction of sp³-hybridized carbons (Fsp3) is 0.0588. The lowest BCUT2D eigenvalue weighted by Crippen LogP contribution is -2.32. The first-order chi connectivity index (χ1) is 11.1. The van der Waals surface area contributed by atoms with Crippen LogP contribution in [0.2, 0.25) is 0 Å². The van der Waals surface area contributed by atoms with Crippen LogP contribution >= 0.6 is 12.2 Å². The van der Waals surface area contributed by atoms with Gasteiger partial charge in [0.25, 0.3) is 0 Å². The number of benzene rings is 2. The number of thiocarbonyl (C=S) groups is 1. The van der Waals surface area contributed by atoms with E-state index in [0.29, 0.717) is 5.69 Å². The summed E-state index contributed by atoms with van der Waals surface area (Å²) in [5.74, 6) is -1.90. The Morgan fingerprint density at radius 1 is 1.22 bits per heavy atom. The molecule has 0 fully saturated rings. The molecule has 114 valence electrons. The van der Waals surface area contributed by atoms with Gasteiger partial charge < -0.3 is 11.1 Å². The topological polar surface area (TPSA) is 91.3 Å². The number of carbonyl (C=O) groups is 1. The third kappa shape index (κ3) is 4.73. The number of amides is 1. The molecule has 5 nitrogen and oxygen atoms in total. The van der Waals surface area contributed by atoms with Crippen LogP contribution < -0.4 is 11.1 Å². The summed E-state index contributed by atoms with van der Waals surface area (Å²) in [7, 11) is 0. The van der Waals surface area contributed by atoms with Gasteiger partial charge in [0.1, 0.15) is 4.99 Å². The van der Waals surface area contributed by atoms with Crippen LogP contribution in [-0.4, -0.2) is 17.1 Å². The third-order valence-corrected chi connectivity index (χ3v) is 3.31. The van der Waals surface area contributed by atoms with Crippen molar-refractivity contribution in [2.75, 3.05) is 5.32 Å². The number of carbonyl (C=O) groups excluding carboxylic acids is 1. The molecule has 1 unspecified atom stereocenters. The largest absolute Gasteiger partial charge is 0.368 e. The lowest BCUT2D eigenvalue weighted by Gasteiger charge is -2.10. The summed E-state index contributed by atoms with van der Waals surface area (Å²) < 4.78 is 0. The summed E-state index contributed by atoms with van der Waals surface area (Å²) in [6.07, 6.45) is 1.75. The van der Waals surface area contributed by atoms with E-state index >= 15 is 0 Å². The van der Waals surface area contributed by atoms with Gasteiger partial charge in [-0.25, -0.2) is 0 Å². The van der Waals surface area contributed by atoms with Crippen LogP contribution in [0, 0.1) is 17.2 Å². The predicted molar refractivity (Wildman–Crippen MR) is 94.7 cm³/mol. The number of nitrogens with two attached hydrogens (primary N) is 1. The Labute approximate surface area is 139 Å². The molecule has 2 rings (SSSR count). The Morgan fingerprint density at radius 2 is 1.87 bits per heavy atom. The first-order valence-electron chi connectivity index (χ1n) is 6.79. The van der Waals surface area contributed by atoms with Crippen LogP contribution in [0.25, 0.3) is 0 Å². The molecule has 2 aromatic rings. The van der Waals surface area contributed by atoms with Gasteiger partial charge in [-0.1, -0.05) is 42.5 Å². The van der Waals surface area contributed by atoms with E-state index in [0.717, 1.165) is 11.3 Å². The van der Waals surface area contributed by atoms with E-state index in [1.807, 2.05) is 42.5 Å². The van der Waals surface area contributed by atoms with E-state index in [2.05, 4.69) is 10.3 Å². The number of nitrogens with zero attached hydrogens (tertiary/aromatic N) is 2. The molecular weight excluding hydrogens is 308 g/mol. The summed E-state index contributed by atoms with van der Waals surface area (Å²) in [6, 6.07) is 18.6. The normalized spacial score (nSPS) is 11.6. The van der Waals surface area contributed by atoms with Crippen molar-refractivity contribution in [1.29, 1.82) is 5.26 Å². The van der Waals surface area contributed by atoms with Gasteiger partial charge in [-0.2, -0.15) is 5.26 Å². The molecule has 3 N–H and O–H groups in total. The lowest BCUT2D eigenvalue weighted by atomic mass is 10.1. The van der Waals surface area contributed by atoms with Crippen LogP contribution in [0.1, 0.15) is 5.56 Å². The van der Waals surface area contributed by atoms with Crippen molar-refractivity contribution >= 4 is 40.7 Å². The Balaban J connectivity index is 2.03. The van der Waals surface area contributed by atoms with Crippen molar-refractivity contribution in [3.8, 4) is 6.07 Å². The van der Waals surface area contributed by atoms with Crippen LogP contribution in [0.4, 0.5) is 11.4 Å². The van der Waals surface area contributed by atoms with E-state index in [1.54, 1.807) is 24.4 Å². The molecule has 2 aromatic carbocycles. The number of anilines is 1. The zero-order valence-corrected chi connectivity index (χ0v) is 13.0. The van der Waals surface area contributed by atoms with E-state index in [9.17, 15) is 4.79 Å². The van der Waals surface area contributed by atoms with Gasteiger partial charge in [-0.15, -0.1) is 0 Å². The van der Waals surface area contributed by atoms with Crippen molar-refractivity contribution in [1.82, 2.24) is 0 Å². The Hall–Kier alpha value is -3.04. The molecule has 1 amide bonds. The van der Waals surface area contributed by atoms with Crippen LogP contribution in [-0.2, 0) is 4.79 Å². The van der Waals surface area contributed by atoms with Crippen LogP contribution in [0.15, 0.2) is 59.6 Å². The first-order valence-corrected chi connectivity index (χ1v) is 7.20. The smallest absolute Gasteiger partial charge is 0.241 e. The molecular formula is C17H14N4OS. The Kier molecular flexibility index (Phi) is 5.56. The van der Waals surface area contributed by atoms with Crippen molar-refractivity contribution in [3.05, 3.63) is 60.2 Å². The fourth-order valence-electron chi connectivity index (χ4n) is 1.78. The molecule has 0 saturated heterocycles. The number of para-hydroxylation sites is 1. The van der Waals surface area contributed by atoms with Crippen molar-refractivity contribution in [2.45, 2.75) is 0 Å². The maximum Gasteiger partial charge on any atom is 0.241 e. The summed E-state index contributed by atoms with van der Waals surface area (Å²) in [5, 5.41) is 11.7. The highest BCUT2D eigenvalue weighted by atomic mass is 32.1. The average molecular weight is 322 g/mol. The molecule has 0 heterocycles. The van der Waals surface area contributed by atoms with Crippen molar-refractivity contribution < 1.29 is 4.79 Å². The molecule has 0 aromatic heterocycles. The number of hydrogen-bond acceptors (Lipinski definition) is 4. The summed E-state index contributed by atoms with van der Waals surface area (Å²) in [4.78, 5) is 15.5. The van der Waals surface area contributed by atoms with E-state index in [-0.39, 0.29) is 4.99 Å². The molecule has 6 heteroatoms. The van der Waals surface area contributed by atoms with Gasteiger partial charge >= 0.3 is 0 Å². The van der Waals surface area contributed by atoms with Gasteiger partial charge in [0.2, 0.25) is 5.91 Å². The van der Waals surface area contributed by atoms with Gasteiger partial charge in [0.15, 0.2) is 5.92 Å². The number of aliphatic imine (C=N–C) groups is 1. The minimum absolute atomic E-state index is 0.0886. The monoisotopic (exact) mass is 322 g/mol. The highest BCUT2D eigenvalue weighted by Crippen LogP contribution is 2.13. The fourth-order valence-corrected chi connectivity index (χ4v) is 2.07. The van der Waals surface area contributed by atoms with Crippen molar-refractivity contribution in [3.63, 3.8) is 0 Å². The third-order valence-electron chi connectivity index (χ3n) is 2.97. The standard InChI is InChI=1S/C17H14N4OS/c18-10-15(16(19)22)17(23)21-14-8-6-12(7-9-14)11-20-13-4-2-1-3-5-13/h1-9,11,15H,(H2,19,22)(H,21,23). The average Bonchev–Trinajstić information content (AvgIpc) is 2.55. The molecule has 0 radical (unpaired) electrons. The number of rotatable bonds is 5. The Bertz CT molecular complexity index is 763. The van der Waals surface area contributed by atoms with E-state index < -0.39 is 11.8 Å². The number of primary amides is 1. The zero-order chi connectivity index (χ0) is 16.7. The van der Waals surface area contributed by atoms with Crippen LogP contribution in [0.5, 0.6) is 0 Å². The van der Waals surface area contributed by atoms with E-state index in [1.165, 1.54) is 0 Å². The number of hydrogen-bond donors (Lipinski definition) is 2. The molecule has 0 bridgehead atoms. The van der Waals surface area contributed by atoms with E-state index in [4.69, 9.17) is 23.2 Å². The quantitative estimate of drug-likeness (QED) is 0.654. The minimum Gasteiger partial charge on any atom is -0.368 e. The second kappa shape index (κ2) is 7.82. The molecule has 0 saturated carbocycles.